The van der Waals surface area contributed by atoms with Gasteiger partial charge in [-0.3, -0.25) is 18.7 Å². The molecule has 7 rings (SSSR count). The number of benzene rings is 4. The average Bonchev–Trinajstić information content (AvgIpc) is 3.08. The van der Waals surface area contributed by atoms with Crippen molar-refractivity contribution in [3.8, 4) is 0 Å². The molecule has 6 N–H and O–H groups in total. The van der Waals surface area contributed by atoms with Crippen LogP contribution in [-0.2, 0) is 39.0 Å². The first-order chi connectivity index (χ1) is 23.6. The summed E-state index contributed by atoms with van der Waals surface area (Å²) in [5.74, 6) is -2.98. The number of carbonyl (C=O) groups is 2. The third-order valence-corrected chi connectivity index (χ3v) is 10.7. The molecule has 22 heteroatoms. The lowest BCUT2D eigenvalue weighted by molar-refractivity contribution is -0.432. The summed E-state index contributed by atoms with van der Waals surface area (Å²) in [5, 5.41) is 46.6. The molecule has 0 atom stereocenters. The molecule has 4 aromatic carbocycles. The van der Waals surface area contributed by atoms with Crippen molar-refractivity contribution in [2.45, 2.75) is 19.6 Å². The lowest BCUT2D eigenvalue weighted by Crippen LogP contribution is -2.29. The van der Waals surface area contributed by atoms with Gasteiger partial charge in [0.05, 0.1) is 45.0 Å². The predicted molar refractivity (Wildman–Crippen MR) is 167 cm³/mol. The summed E-state index contributed by atoms with van der Waals surface area (Å²) in [7, 11) is -10.0. The van der Waals surface area contributed by atoms with E-state index >= 15 is 0 Å². The van der Waals surface area contributed by atoms with Crippen molar-refractivity contribution in [2.75, 3.05) is 0 Å². The Morgan fingerprint density at radius 1 is 0.600 bits per heavy atom. The SMILES string of the molecule is O=C1c2cc(S(=O)(=O)O)ccc2C(O)=c2cc(SOOO)c3nc4c5c(cc(S(=O)(=O)O)c4nc3c21)=C(O)c1ccc(SOOO)cc1C5=O. The zero-order valence-corrected chi connectivity index (χ0v) is 27.2. The molecule has 1 aromatic heterocycles. The largest absolute Gasteiger partial charge is 0.507 e. The van der Waals surface area contributed by atoms with Gasteiger partial charge in [0, 0.05) is 37.6 Å². The van der Waals surface area contributed by atoms with Crippen LogP contribution in [0.3, 0.4) is 0 Å². The molecular formula is C28H14N2O16S4. The zero-order chi connectivity index (χ0) is 35.9. The van der Waals surface area contributed by atoms with Gasteiger partial charge >= 0.3 is 0 Å². The van der Waals surface area contributed by atoms with Gasteiger partial charge < -0.3 is 10.2 Å². The molecule has 0 fully saturated rings. The van der Waals surface area contributed by atoms with Gasteiger partial charge in [-0.25, -0.2) is 20.5 Å². The molecule has 2 aliphatic carbocycles. The topological polar surface area (TPSA) is 286 Å². The Bertz CT molecular complexity index is 2750. The Balaban J connectivity index is 1.63. The van der Waals surface area contributed by atoms with Crippen LogP contribution in [-0.4, -0.2) is 68.2 Å². The van der Waals surface area contributed by atoms with Crippen LogP contribution in [0.1, 0.15) is 43.0 Å². The van der Waals surface area contributed by atoms with Crippen molar-refractivity contribution in [1.82, 2.24) is 9.97 Å². The van der Waals surface area contributed by atoms with Crippen LogP contribution < -0.4 is 10.4 Å². The van der Waals surface area contributed by atoms with Crippen LogP contribution >= 0.6 is 24.1 Å². The molecule has 50 heavy (non-hydrogen) atoms. The highest BCUT2D eigenvalue weighted by molar-refractivity contribution is 7.95. The maximum Gasteiger partial charge on any atom is 0.296 e. The number of hydrogen-bond donors (Lipinski definition) is 6. The quantitative estimate of drug-likeness (QED) is 0.0435. The summed E-state index contributed by atoms with van der Waals surface area (Å²) in [6.07, 6.45) is 0. The van der Waals surface area contributed by atoms with Crippen LogP contribution in [0.4, 0.5) is 0 Å². The monoisotopic (exact) mass is 762 g/mol. The summed E-state index contributed by atoms with van der Waals surface area (Å²) in [6, 6.07) is 8.68. The summed E-state index contributed by atoms with van der Waals surface area (Å²) in [6.45, 7) is 0. The van der Waals surface area contributed by atoms with Crippen molar-refractivity contribution < 1.29 is 75.0 Å². The van der Waals surface area contributed by atoms with Gasteiger partial charge in [-0.2, -0.15) is 16.8 Å². The van der Waals surface area contributed by atoms with E-state index in [1.807, 2.05) is 0 Å². The van der Waals surface area contributed by atoms with Gasteiger partial charge in [0.15, 0.2) is 11.6 Å². The molecule has 0 bridgehead atoms. The Labute approximate surface area is 285 Å². The van der Waals surface area contributed by atoms with Crippen LogP contribution in [0.2, 0.25) is 0 Å². The molecule has 256 valence electrons. The first kappa shape index (κ1) is 33.9. The Hall–Kier alpha value is -4.56. The van der Waals surface area contributed by atoms with Gasteiger partial charge in [0.1, 0.15) is 38.5 Å². The molecule has 0 aliphatic heterocycles. The van der Waals surface area contributed by atoms with Crippen molar-refractivity contribution in [2.24, 2.45) is 0 Å². The zero-order valence-electron chi connectivity index (χ0n) is 23.9. The summed E-state index contributed by atoms with van der Waals surface area (Å²) < 4.78 is 78.1. The lowest BCUT2D eigenvalue weighted by atomic mass is 9.88. The summed E-state index contributed by atoms with van der Waals surface area (Å²) in [5.41, 5.74) is -3.54. The Morgan fingerprint density at radius 3 is 1.74 bits per heavy atom. The number of rotatable bonds is 8. The second kappa shape index (κ2) is 12.0. The number of fused-ring (bicyclic) bond motifs is 8. The number of aliphatic hydroxyl groups excluding tert-OH is 2. The fourth-order valence-electron chi connectivity index (χ4n) is 5.73. The van der Waals surface area contributed by atoms with Crippen molar-refractivity contribution in [1.29, 1.82) is 0 Å². The van der Waals surface area contributed by atoms with Crippen molar-refractivity contribution in [3.63, 3.8) is 0 Å². The third kappa shape index (κ3) is 5.31. The van der Waals surface area contributed by atoms with E-state index in [1.165, 1.54) is 18.2 Å². The maximum absolute atomic E-state index is 14.0. The van der Waals surface area contributed by atoms with Gasteiger partial charge in [-0.05, 0) is 48.5 Å². The van der Waals surface area contributed by atoms with Gasteiger partial charge in [-0.1, -0.05) is 10.1 Å². The van der Waals surface area contributed by atoms with Crippen molar-refractivity contribution in [3.05, 3.63) is 92.3 Å². The van der Waals surface area contributed by atoms with E-state index in [9.17, 15) is 45.7 Å². The van der Waals surface area contributed by atoms with E-state index in [1.54, 1.807) is 0 Å². The molecule has 0 saturated heterocycles. The summed E-state index contributed by atoms with van der Waals surface area (Å²) in [4.78, 5) is 35.3. The molecule has 0 unspecified atom stereocenters. The molecule has 5 aromatic rings. The normalized spacial score (nSPS) is 14.2. The lowest BCUT2D eigenvalue weighted by Gasteiger charge is -2.20. The number of nitrogens with zero attached hydrogens (tertiary/aromatic N) is 2. The highest BCUT2D eigenvalue weighted by Crippen LogP contribution is 2.37. The van der Waals surface area contributed by atoms with Crippen LogP contribution in [0.15, 0.2) is 68.1 Å². The smallest absolute Gasteiger partial charge is 0.296 e. The minimum atomic E-state index is -5.22. The van der Waals surface area contributed by atoms with E-state index in [4.69, 9.17) is 10.5 Å². The number of aromatic nitrogens is 2. The highest BCUT2D eigenvalue weighted by Gasteiger charge is 2.34. The Morgan fingerprint density at radius 2 is 1.14 bits per heavy atom. The van der Waals surface area contributed by atoms with E-state index in [0.717, 1.165) is 30.3 Å². The van der Waals surface area contributed by atoms with Crippen LogP contribution in [0.5, 0.6) is 0 Å². The molecule has 1 heterocycles. The third-order valence-electron chi connectivity index (χ3n) is 7.76. The van der Waals surface area contributed by atoms with Crippen molar-refractivity contribution >= 4 is 89.5 Å². The maximum atomic E-state index is 14.0. The molecular weight excluding hydrogens is 749 g/mol. The second-order valence-electron chi connectivity index (χ2n) is 10.4. The molecule has 0 saturated carbocycles. The fraction of sp³-hybridized carbons (Fsp3) is 0. The standard InChI is InChI=1S/C28H14N2O16S4/c31-25-12-4-2-10(49(37,38)39)6-14(12)28(34)19-15(25)7-17(48-46-44-36)21-23(19)30-22-18(50(40,41)42)8-16-20(24(22)29-21)27(33)13-5-9(47-45-43-35)1-3-11(13)26(16)32/h1-8,31-32,35-36H,(H,37,38,39)(H,40,41,42). The number of carbonyl (C=O) groups excluding carboxylic acids is 2. The molecule has 0 spiro atoms. The minimum absolute atomic E-state index is 0.0514. The fourth-order valence-corrected chi connectivity index (χ4v) is 7.78. The number of ketones is 2. The molecule has 0 amide bonds. The van der Waals surface area contributed by atoms with E-state index in [0.29, 0.717) is 12.0 Å². The van der Waals surface area contributed by atoms with E-state index < -0.39 is 86.4 Å². The number of aliphatic hydroxyl groups is 2. The first-order valence-corrected chi connectivity index (χ1v) is 17.6. The molecule has 0 radical (unpaired) electrons. The minimum Gasteiger partial charge on any atom is -0.507 e. The van der Waals surface area contributed by atoms with Gasteiger partial charge in [0.2, 0.25) is 0 Å². The average molecular weight is 763 g/mol. The Kier molecular flexibility index (Phi) is 8.17. The van der Waals surface area contributed by atoms with Crippen LogP contribution in [0.25, 0.3) is 33.6 Å². The second-order valence-corrected chi connectivity index (χ2v) is 14.7. The summed E-state index contributed by atoms with van der Waals surface area (Å²) >= 11 is 0.793. The van der Waals surface area contributed by atoms with E-state index in [-0.39, 0.29) is 54.5 Å². The first-order valence-electron chi connectivity index (χ1n) is 13.3. The van der Waals surface area contributed by atoms with Gasteiger partial charge in [-0.15, -0.1) is 8.67 Å². The van der Waals surface area contributed by atoms with Crippen LogP contribution in [0, 0.1) is 0 Å². The van der Waals surface area contributed by atoms with Gasteiger partial charge in [0.25, 0.3) is 20.2 Å². The number of hydrogen-bond acceptors (Lipinski definition) is 18. The predicted octanol–water partition coefficient (Wildman–Crippen LogP) is 2.65. The molecule has 18 nitrogen and oxygen atoms in total. The molecule has 2 aliphatic rings. The van der Waals surface area contributed by atoms with E-state index in [2.05, 4.69) is 28.7 Å². The highest BCUT2D eigenvalue weighted by atomic mass is 32.2.